The molecule has 1 heterocycles. The van der Waals surface area contributed by atoms with Crippen molar-refractivity contribution in [2.45, 2.75) is 19.4 Å². The van der Waals surface area contributed by atoms with Gasteiger partial charge < -0.3 is 14.9 Å². The largest absolute Gasteiger partial charge is 0.508 e. The molecule has 0 amide bonds. The minimum Gasteiger partial charge on any atom is -0.508 e. The zero-order chi connectivity index (χ0) is 13.8. The van der Waals surface area contributed by atoms with Crippen LogP contribution in [0.3, 0.4) is 0 Å². The molecule has 3 rings (SSSR count). The molecule has 3 heteroatoms. The quantitative estimate of drug-likeness (QED) is 0.601. The summed E-state index contributed by atoms with van der Waals surface area (Å²) in [6, 6.07) is 3.05. The maximum absolute atomic E-state index is 10.1. The molecule has 1 aromatic rings. The van der Waals surface area contributed by atoms with Gasteiger partial charge in [0.05, 0.1) is 12.7 Å². The molecule has 3 atom stereocenters. The van der Waals surface area contributed by atoms with E-state index in [0.717, 1.165) is 11.1 Å². The van der Waals surface area contributed by atoms with Crippen LogP contribution in [0, 0.1) is 11.3 Å². The van der Waals surface area contributed by atoms with Crippen LogP contribution in [0.2, 0.25) is 0 Å². The van der Waals surface area contributed by atoms with Gasteiger partial charge in [-0.05, 0) is 29.5 Å². The minimum atomic E-state index is -0.244. The minimum absolute atomic E-state index is 0.102. The lowest BCUT2D eigenvalue weighted by molar-refractivity contribution is 0.0483. The molecule has 0 spiro atoms. The molecular weight excluding hydrogens is 240 g/mol. The van der Waals surface area contributed by atoms with Gasteiger partial charge in [-0.1, -0.05) is 19.6 Å². The Morgan fingerprint density at radius 2 is 2.05 bits per heavy atom. The number of hydrogen-bond acceptors (Lipinski definition) is 3. The number of phenolic OH excluding ortho intramolecular Hbond substituents is 2. The summed E-state index contributed by atoms with van der Waals surface area (Å²) >= 11 is 0. The van der Waals surface area contributed by atoms with Crippen molar-refractivity contribution in [3.63, 3.8) is 0 Å². The lowest BCUT2D eigenvalue weighted by Gasteiger charge is -2.42. The van der Waals surface area contributed by atoms with Crippen molar-refractivity contribution in [2.24, 2.45) is 11.3 Å². The topological polar surface area (TPSA) is 49.7 Å². The van der Waals surface area contributed by atoms with Gasteiger partial charge in [0.25, 0.3) is 0 Å². The van der Waals surface area contributed by atoms with Crippen LogP contribution in [0.4, 0.5) is 0 Å². The molecule has 3 nitrogen and oxygen atoms in total. The first-order valence-electron chi connectivity index (χ1n) is 6.44. The highest BCUT2D eigenvalue weighted by molar-refractivity contribution is 5.53. The van der Waals surface area contributed by atoms with E-state index in [1.807, 2.05) is 6.08 Å². The second-order valence-electron chi connectivity index (χ2n) is 5.75. The summed E-state index contributed by atoms with van der Waals surface area (Å²) < 4.78 is 5.81. The van der Waals surface area contributed by atoms with E-state index in [4.69, 9.17) is 4.74 Å². The Labute approximate surface area is 112 Å². The summed E-state index contributed by atoms with van der Waals surface area (Å²) in [5.41, 5.74) is 2.29. The molecule has 1 aliphatic carbocycles. The van der Waals surface area contributed by atoms with Crippen molar-refractivity contribution < 1.29 is 14.9 Å². The number of hydrogen-bond donors (Lipinski definition) is 2. The van der Waals surface area contributed by atoms with E-state index in [1.165, 1.54) is 12.1 Å². The Morgan fingerprint density at radius 1 is 1.37 bits per heavy atom. The lowest BCUT2D eigenvalue weighted by atomic mass is 9.62. The van der Waals surface area contributed by atoms with Crippen molar-refractivity contribution in [1.29, 1.82) is 0 Å². The fourth-order valence-electron chi connectivity index (χ4n) is 3.49. The van der Waals surface area contributed by atoms with Crippen molar-refractivity contribution in [2.75, 3.05) is 6.61 Å². The summed E-state index contributed by atoms with van der Waals surface area (Å²) in [6.07, 6.45) is 2.30. The van der Waals surface area contributed by atoms with E-state index < -0.39 is 0 Å². The lowest BCUT2D eigenvalue weighted by Crippen LogP contribution is -2.35. The second-order valence-corrected chi connectivity index (χ2v) is 5.75. The number of rotatable bonds is 1. The maximum Gasteiger partial charge on any atom is 0.121 e. The van der Waals surface area contributed by atoms with Crippen LogP contribution < -0.4 is 0 Å². The van der Waals surface area contributed by atoms with Crippen LogP contribution in [-0.4, -0.2) is 16.8 Å². The SMILES string of the molecule is C=C[C@@]1(C)Cc2c(O)ccc(O)c2[C@@H]2OCC(=C)[C@@H]21. The van der Waals surface area contributed by atoms with Gasteiger partial charge in [0.15, 0.2) is 0 Å². The van der Waals surface area contributed by atoms with E-state index >= 15 is 0 Å². The van der Waals surface area contributed by atoms with Crippen molar-refractivity contribution in [3.05, 3.63) is 48.1 Å². The van der Waals surface area contributed by atoms with Crippen LogP contribution in [0.15, 0.2) is 36.9 Å². The fourth-order valence-corrected chi connectivity index (χ4v) is 3.49. The van der Waals surface area contributed by atoms with Gasteiger partial charge in [0.1, 0.15) is 11.5 Å². The summed E-state index contributed by atoms with van der Waals surface area (Å²) in [5, 5.41) is 20.2. The Morgan fingerprint density at radius 3 is 2.74 bits per heavy atom. The molecule has 19 heavy (non-hydrogen) atoms. The van der Waals surface area contributed by atoms with Gasteiger partial charge in [-0.3, -0.25) is 0 Å². The van der Waals surface area contributed by atoms with Gasteiger partial charge in [-0.25, -0.2) is 0 Å². The molecule has 1 saturated heterocycles. The number of phenols is 2. The van der Waals surface area contributed by atoms with E-state index in [-0.39, 0.29) is 28.9 Å². The molecular formula is C16H18O3. The summed E-state index contributed by atoms with van der Waals surface area (Å²) in [7, 11) is 0. The third-order valence-corrected chi connectivity index (χ3v) is 4.52. The Balaban J connectivity index is 2.25. The van der Waals surface area contributed by atoms with Gasteiger partial charge in [-0.15, -0.1) is 6.58 Å². The zero-order valence-electron chi connectivity index (χ0n) is 11.0. The molecule has 2 aliphatic rings. The first kappa shape index (κ1) is 12.3. The van der Waals surface area contributed by atoms with Crippen molar-refractivity contribution >= 4 is 0 Å². The number of aromatic hydroxyl groups is 2. The van der Waals surface area contributed by atoms with Crippen LogP contribution in [0.5, 0.6) is 11.5 Å². The molecule has 0 bridgehead atoms. The number of fused-ring (bicyclic) bond motifs is 3. The maximum atomic E-state index is 10.1. The molecule has 0 unspecified atom stereocenters. The second kappa shape index (κ2) is 3.87. The van der Waals surface area contributed by atoms with Crippen LogP contribution in [-0.2, 0) is 11.2 Å². The van der Waals surface area contributed by atoms with E-state index in [2.05, 4.69) is 20.1 Å². The standard InChI is InChI=1S/C16H18O3/c1-4-16(3)7-10-11(17)5-6-12(18)13(10)15-14(16)9(2)8-19-15/h4-6,14-15,17-18H,1-2,7-8H2,3H3/t14-,15-,16-/m0/s1. The van der Waals surface area contributed by atoms with E-state index in [0.29, 0.717) is 18.6 Å². The smallest absolute Gasteiger partial charge is 0.121 e. The Hall–Kier alpha value is -1.74. The Kier molecular flexibility index (Phi) is 2.51. The fraction of sp³-hybridized carbons (Fsp3) is 0.375. The Bertz CT molecular complexity index is 576. The average molecular weight is 258 g/mol. The number of ether oxygens (including phenoxy) is 1. The molecule has 1 aliphatic heterocycles. The highest BCUT2D eigenvalue weighted by atomic mass is 16.5. The zero-order valence-corrected chi connectivity index (χ0v) is 11.0. The van der Waals surface area contributed by atoms with Crippen LogP contribution in [0.25, 0.3) is 0 Å². The number of allylic oxidation sites excluding steroid dienone is 1. The van der Waals surface area contributed by atoms with Gasteiger partial charge in [0, 0.05) is 17.0 Å². The summed E-state index contributed by atoms with van der Waals surface area (Å²) in [6.45, 7) is 10.6. The third-order valence-electron chi connectivity index (χ3n) is 4.52. The predicted molar refractivity (Wildman–Crippen MR) is 73.1 cm³/mol. The molecule has 1 aromatic carbocycles. The molecule has 0 radical (unpaired) electrons. The first-order chi connectivity index (χ1) is 8.98. The molecule has 0 aromatic heterocycles. The summed E-state index contributed by atoms with van der Waals surface area (Å²) in [4.78, 5) is 0. The van der Waals surface area contributed by atoms with Gasteiger partial charge in [0.2, 0.25) is 0 Å². The molecule has 0 saturated carbocycles. The summed E-state index contributed by atoms with van der Waals surface area (Å²) in [5.74, 6) is 0.495. The van der Waals surface area contributed by atoms with Gasteiger partial charge in [-0.2, -0.15) is 0 Å². The van der Waals surface area contributed by atoms with Crippen LogP contribution >= 0.6 is 0 Å². The highest BCUT2D eigenvalue weighted by Gasteiger charge is 2.50. The first-order valence-corrected chi connectivity index (χ1v) is 6.44. The van der Waals surface area contributed by atoms with Crippen molar-refractivity contribution in [1.82, 2.24) is 0 Å². The third kappa shape index (κ3) is 1.55. The highest BCUT2D eigenvalue weighted by Crippen LogP contribution is 2.57. The van der Waals surface area contributed by atoms with E-state index in [1.54, 1.807) is 0 Å². The van der Waals surface area contributed by atoms with Crippen LogP contribution in [0.1, 0.15) is 24.2 Å². The van der Waals surface area contributed by atoms with Gasteiger partial charge >= 0.3 is 0 Å². The predicted octanol–water partition coefficient (Wildman–Crippen LogP) is 3.09. The molecule has 100 valence electrons. The molecule has 1 fully saturated rings. The molecule has 2 N–H and O–H groups in total. The monoisotopic (exact) mass is 258 g/mol. The van der Waals surface area contributed by atoms with E-state index in [9.17, 15) is 10.2 Å². The average Bonchev–Trinajstić information content (AvgIpc) is 2.77. The number of benzene rings is 1. The normalized spacial score (nSPS) is 32.8. The van der Waals surface area contributed by atoms with Crippen molar-refractivity contribution in [3.8, 4) is 11.5 Å².